The Morgan fingerprint density at radius 2 is 1.95 bits per heavy atom. The maximum atomic E-state index is 11.8. The fourth-order valence-corrected chi connectivity index (χ4v) is 1.99. The number of alkyl carbamates (subject to hydrolysis) is 1. The van der Waals surface area contributed by atoms with Gasteiger partial charge in [0.1, 0.15) is 11.4 Å². The minimum Gasteiger partial charge on any atom is -0.497 e. The quantitative estimate of drug-likeness (QED) is 0.830. The minimum absolute atomic E-state index is 0.151. The highest BCUT2D eigenvalue weighted by molar-refractivity contribution is 9.10. The van der Waals surface area contributed by atoms with Crippen LogP contribution in [0.1, 0.15) is 27.2 Å². The van der Waals surface area contributed by atoms with Crippen molar-refractivity contribution in [1.29, 1.82) is 0 Å². The molecule has 0 atom stereocenters. The summed E-state index contributed by atoms with van der Waals surface area (Å²) in [4.78, 5) is 23.3. The van der Waals surface area contributed by atoms with Crippen molar-refractivity contribution >= 4 is 33.6 Å². The third kappa shape index (κ3) is 6.80. The van der Waals surface area contributed by atoms with Crippen molar-refractivity contribution in [2.75, 3.05) is 19.0 Å². The Morgan fingerprint density at radius 3 is 2.50 bits per heavy atom. The monoisotopic (exact) mass is 372 g/mol. The third-order valence-electron chi connectivity index (χ3n) is 2.47. The molecule has 0 aliphatic carbocycles. The van der Waals surface area contributed by atoms with Gasteiger partial charge < -0.3 is 20.1 Å². The van der Waals surface area contributed by atoms with Crippen molar-refractivity contribution < 1.29 is 19.1 Å². The molecule has 2 amide bonds. The lowest BCUT2D eigenvalue weighted by Gasteiger charge is -2.19. The van der Waals surface area contributed by atoms with E-state index < -0.39 is 11.7 Å². The predicted octanol–water partition coefficient (Wildman–Crippen LogP) is 3.31. The summed E-state index contributed by atoms with van der Waals surface area (Å²) in [6.07, 6.45) is -0.386. The Balaban J connectivity index is 2.39. The van der Waals surface area contributed by atoms with Crippen molar-refractivity contribution in [3.05, 3.63) is 22.7 Å². The zero-order valence-corrected chi connectivity index (χ0v) is 14.7. The Labute approximate surface area is 138 Å². The van der Waals surface area contributed by atoms with E-state index >= 15 is 0 Å². The third-order valence-corrected chi connectivity index (χ3v) is 3.13. The Hall–Kier alpha value is -1.76. The van der Waals surface area contributed by atoms with E-state index in [1.807, 2.05) is 0 Å². The SMILES string of the molecule is COc1ccc(NC(=O)CCNC(=O)OC(C)(C)C)c(Br)c1. The van der Waals surface area contributed by atoms with Gasteiger partial charge >= 0.3 is 6.09 Å². The predicted molar refractivity (Wildman–Crippen MR) is 88.2 cm³/mol. The topological polar surface area (TPSA) is 76.7 Å². The van der Waals surface area contributed by atoms with Crippen LogP contribution in [0.15, 0.2) is 22.7 Å². The first-order valence-corrected chi connectivity index (χ1v) is 7.61. The normalized spacial score (nSPS) is 10.8. The van der Waals surface area contributed by atoms with Gasteiger partial charge in [0, 0.05) is 17.4 Å². The lowest BCUT2D eigenvalue weighted by Crippen LogP contribution is -2.34. The van der Waals surface area contributed by atoms with Crippen LogP contribution in [0.3, 0.4) is 0 Å². The molecule has 0 aliphatic rings. The number of ether oxygens (including phenoxy) is 2. The molecule has 0 unspecified atom stereocenters. The zero-order valence-electron chi connectivity index (χ0n) is 13.2. The molecule has 22 heavy (non-hydrogen) atoms. The van der Waals surface area contributed by atoms with Gasteiger partial charge in [0.2, 0.25) is 5.91 Å². The first-order chi connectivity index (χ1) is 10.2. The van der Waals surface area contributed by atoms with Gasteiger partial charge in [-0.25, -0.2) is 4.79 Å². The number of halogens is 1. The number of amides is 2. The van der Waals surface area contributed by atoms with Gasteiger partial charge in [-0.15, -0.1) is 0 Å². The molecular formula is C15H21BrN2O4. The number of hydrogen-bond acceptors (Lipinski definition) is 4. The summed E-state index contributed by atoms with van der Waals surface area (Å²) in [5.74, 6) is 0.485. The van der Waals surface area contributed by atoms with Gasteiger partial charge in [0.05, 0.1) is 12.8 Å². The maximum absolute atomic E-state index is 11.8. The molecule has 0 spiro atoms. The van der Waals surface area contributed by atoms with Crippen LogP contribution < -0.4 is 15.4 Å². The van der Waals surface area contributed by atoms with E-state index in [4.69, 9.17) is 9.47 Å². The highest BCUT2D eigenvalue weighted by Crippen LogP contribution is 2.27. The minimum atomic E-state index is -0.555. The Bertz CT molecular complexity index is 541. The highest BCUT2D eigenvalue weighted by Gasteiger charge is 2.16. The van der Waals surface area contributed by atoms with Crippen LogP contribution >= 0.6 is 15.9 Å². The first-order valence-electron chi connectivity index (χ1n) is 6.81. The van der Waals surface area contributed by atoms with E-state index in [1.54, 1.807) is 46.1 Å². The molecule has 0 fully saturated rings. The van der Waals surface area contributed by atoms with Crippen molar-refractivity contribution in [3.63, 3.8) is 0 Å². The lowest BCUT2D eigenvalue weighted by atomic mass is 10.2. The van der Waals surface area contributed by atoms with E-state index in [-0.39, 0.29) is 18.9 Å². The van der Waals surface area contributed by atoms with Gasteiger partial charge in [-0.1, -0.05) is 0 Å². The summed E-state index contributed by atoms with van der Waals surface area (Å²) in [5, 5.41) is 5.29. The van der Waals surface area contributed by atoms with Crippen molar-refractivity contribution in [2.45, 2.75) is 32.8 Å². The zero-order chi connectivity index (χ0) is 16.8. The van der Waals surface area contributed by atoms with E-state index in [9.17, 15) is 9.59 Å². The van der Waals surface area contributed by atoms with Crippen LogP contribution in [0.4, 0.5) is 10.5 Å². The van der Waals surface area contributed by atoms with Crippen LogP contribution in [0.25, 0.3) is 0 Å². The van der Waals surface area contributed by atoms with Crippen molar-refractivity contribution in [3.8, 4) is 5.75 Å². The van der Waals surface area contributed by atoms with Gasteiger partial charge in [-0.05, 0) is 54.9 Å². The van der Waals surface area contributed by atoms with Gasteiger partial charge in [-0.2, -0.15) is 0 Å². The van der Waals surface area contributed by atoms with Crippen molar-refractivity contribution in [1.82, 2.24) is 5.32 Å². The molecule has 0 saturated heterocycles. The van der Waals surface area contributed by atoms with E-state index in [0.29, 0.717) is 11.4 Å². The molecule has 0 bridgehead atoms. The average Bonchev–Trinajstić information content (AvgIpc) is 2.39. The Kier molecular flexibility index (Phi) is 6.67. The molecule has 2 N–H and O–H groups in total. The summed E-state index contributed by atoms with van der Waals surface area (Å²) in [7, 11) is 1.57. The largest absolute Gasteiger partial charge is 0.497 e. The molecule has 1 aromatic carbocycles. The first kappa shape index (κ1) is 18.3. The number of anilines is 1. The second-order valence-electron chi connectivity index (χ2n) is 5.57. The summed E-state index contributed by atoms with van der Waals surface area (Å²) in [6.45, 7) is 5.54. The fraction of sp³-hybridized carbons (Fsp3) is 0.467. The average molecular weight is 373 g/mol. The van der Waals surface area contributed by atoms with Crippen LogP contribution in [0.2, 0.25) is 0 Å². The second-order valence-corrected chi connectivity index (χ2v) is 6.43. The van der Waals surface area contributed by atoms with Crippen LogP contribution in [0.5, 0.6) is 5.75 Å². The lowest BCUT2D eigenvalue weighted by molar-refractivity contribution is -0.116. The maximum Gasteiger partial charge on any atom is 0.407 e. The molecule has 0 aromatic heterocycles. The standard InChI is InChI=1S/C15H21BrN2O4/c1-15(2,3)22-14(20)17-8-7-13(19)18-12-6-5-10(21-4)9-11(12)16/h5-6,9H,7-8H2,1-4H3,(H,17,20)(H,18,19). The molecule has 122 valence electrons. The highest BCUT2D eigenvalue weighted by atomic mass is 79.9. The van der Waals surface area contributed by atoms with E-state index in [2.05, 4.69) is 26.6 Å². The molecule has 6 nitrogen and oxygen atoms in total. The van der Waals surface area contributed by atoms with E-state index in [1.165, 1.54) is 0 Å². The van der Waals surface area contributed by atoms with Crippen LogP contribution in [-0.2, 0) is 9.53 Å². The number of carbonyl (C=O) groups is 2. The molecule has 1 aromatic rings. The molecule has 7 heteroatoms. The van der Waals surface area contributed by atoms with Gasteiger partial charge in [-0.3, -0.25) is 4.79 Å². The second kappa shape index (κ2) is 8.03. The summed E-state index contributed by atoms with van der Waals surface area (Å²) < 4.78 is 10.9. The Morgan fingerprint density at radius 1 is 1.27 bits per heavy atom. The van der Waals surface area contributed by atoms with Crippen LogP contribution in [-0.4, -0.2) is 31.3 Å². The summed E-state index contributed by atoms with van der Waals surface area (Å²) in [6, 6.07) is 5.25. The molecular weight excluding hydrogens is 352 g/mol. The van der Waals surface area contributed by atoms with E-state index in [0.717, 1.165) is 4.47 Å². The molecule has 0 heterocycles. The number of carbonyl (C=O) groups excluding carboxylic acids is 2. The summed E-state index contributed by atoms with van der Waals surface area (Å²) >= 11 is 3.36. The smallest absolute Gasteiger partial charge is 0.407 e. The molecule has 0 saturated carbocycles. The van der Waals surface area contributed by atoms with Gasteiger partial charge in [0.15, 0.2) is 0 Å². The molecule has 0 aliphatic heterocycles. The molecule has 0 radical (unpaired) electrons. The summed E-state index contributed by atoms with van der Waals surface area (Å²) in [5.41, 5.74) is 0.0865. The van der Waals surface area contributed by atoms with Crippen LogP contribution in [0, 0.1) is 0 Å². The number of rotatable bonds is 5. The number of benzene rings is 1. The number of hydrogen-bond donors (Lipinski definition) is 2. The van der Waals surface area contributed by atoms with Crippen molar-refractivity contribution in [2.24, 2.45) is 0 Å². The van der Waals surface area contributed by atoms with Gasteiger partial charge in [0.25, 0.3) is 0 Å². The number of methoxy groups -OCH3 is 1. The fourth-order valence-electron chi connectivity index (χ4n) is 1.53. The molecule has 1 rings (SSSR count). The number of nitrogens with one attached hydrogen (secondary N) is 2.